The normalized spacial score (nSPS) is 12.6. The zero-order valence-electron chi connectivity index (χ0n) is 18.1. The third-order valence-electron chi connectivity index (χ3n) is 6.04. The van der Waals surface area contributed by atoms with Crippen LogP contribution in [-0.4, -0.2) is 32.6 Å². The molecule has 0 bridgehead atoms. The average molecular weight is 415 g/mol. The molecule has 1 N–H and O–H groups in total. The van der Waals surface area contributed by atoms with Gasteiger partial charge in [0.25, 0.3) is 0 Å². The lowest BCUT2D eigenvalue weighted by Gasteiger charge is -2.17. The molecule has 0 saturated carbocycles. The average Bonchev–Trinajstić information content (AvgIpc) is 3.18. The maximum Gasteiger partial charge on any atom is 0.329 e. The number of aromatic nitrogens is 3. The number of benzene rings is 2. The highest BCUT2D eigenvalue weighted by atomic mass is 16.4. The molecule has 0 fully saturated rings. The van der Waals surface area contributed by atoms with E-state index in [4.69, 9.17) is 7.85 Å². The van der Waals surface area contributed by atoms with Gasteiger partial charge in [-0.15, -0.1) is 0 Å². The zero-order chi connectivity index (χ0) is 22.3. The number of carboxylic acids is 1. The van der Waals surface area contributed by atoms with Crippen LogP contribution in [0.2, 0.25) is 0 Å². The van der Waals surface area contributed by atoms with Crippen molar-refractivity contribution in [2.24, 2.45) is 7.05 Å². The molecule has 1 atom stereocenters. The van der Waals surface area contributed by atoms with Crippen LogP contribution in [0.15, 0.2) is 47.4 Å². The number of nitrogens with zero attached hydrogens (tertiary/aromatic N) is 3. The van der Waals surface area contributed by atoms with Crippen LogP contribution in [0, 0.1) is 6.92 Å². The van der Waals surface area contributed by atoms with E-state index in [1.165, 1.54) is 0 Å². The summed E-state index contributed by atoms with van der Waals surface area (Å²) in [6, 6.07) is 11.2. The minimum absolute atomic E-state index is 0.116. The molecule has 2 aromatic carbocycles. The van der Waals surface area contributed by atoms with Crippen molar-refractivity contribution in [3.63, 3.8) is 0 Å². The second-order valence-corrected chi connectivity index (χ2v) is 8.23. The Morgan fingerprint density at radius 1 is 1.16 bits per heavy atom. The quantitative estimate of drug-likeness (QED) is 0.471. The molecule has 6 nitrogen and oxygen atoms in total. The molecule has 1 unspecified atom stereocenters. The van der Waals surface area contributed by atoms with E-state index in [1.54, 1.807) is 15.2 Å². The van der Waals surface area contributed by atoms with E-state index >= 15 is 0 Å². The van der Waals surface area contributed by atoms with Crippen LogP contribution in [-0.2, 0) is 18.4 Å². The lowest BCUT2D eigenvalue weighted by atomic mass is 9.94. The van der Waals surface area contributed by atoms with Crippen LogP contribution in [0.3, 0.4) is 0 Å². The summed E-state index contributed by atoms with van der Waals surface area (Å²) in [5.74, 6) is -0.926. The third-order valence-corrected chi connectivity index (χ3v) is 6.04. The molecule has 4 rings (SSSR count). The van der Waals surface area contributed by atoms with Crippen LogP contribution in [0.5, 0.6) is 0 Å². The summed E-state index contributed by atoms with van der Waals surface area (Å²) in [7, 11) is 8.29. The van der Waals surface area contributed by atoms with Crippen molar-refractivity contribution in [3.8, 4) is 0 Å². The molecule has 0 aliphatic carbocycles. The number of carbonyl (C=O) groups is 1. The first-order valence-electron chi connectivity index (χ1n) is 10.6. The summed E-state index contributed by atoms with van der Waals surface area (Å²) in [6.07, 6.45) is 3.30. The van der Waals surface area contributed by atoms with Crippen LogP contribution in [0.1, 0.15) is 43.4 Å². The van der Waals surface area contributed by atoms with Gasteiger partial charge in [-0.2, -0.15) is 0 Å². The molecular weight excluding hydrogens is 389 g/mol. The van der Waals surface area contributed by atoms with Gasteiger partial charge in [-0.05, 0) is 36.6 Å². The Hall–Kier alpha value is -3.22. The van der Waals surface area contributed by atoms with Crippen LogP contribution < -0.4 is 11.2 Å². The number of hydrogen-bond donors (Lipinski definition) is 1. The van der Waals surface area contributed by atoms with Crippen molar-refractivity contribution in [2.75, 3.05) is 0 Å². The Bertz CT molecular complexity index is 1350. The fourth-order valence-corrected chi connectivity index (χ4v) is 4.73. The largest absolute Gasteiger partial charge is 0.481 e. The summed E-state index contributed by atoms with van der Waals surface area (Å²) in [6.45, 7) is 4.45. The van der Waals surface area contributed by atoms with Gasteiger partial charge in [-0.3, -0.25) is 13.9 Å². The van der Waals surface area contributed by atoms with E-state index in [2.05, 4.69) is 29.8 Å². The Labute approximate surface area is 182 Å². The van der Waals surface area contributed by atoms with Crippen molar-refractivity contribution >= 4 is 41.2 Å². The molecule has 2 radical (unpaired) electrons. The van der Waals surface area contributed by atoms with Crippen LogP contribution in [0.25, 0.3) is 21.9 Å². The first kappa shape index (κ1) is 21.0. The molecule has 158 valence electrons. The van der Waals surface area contributed by atoms with Gasteiger partial charge in [-0.25, -0.2) is 4.79 Å². The van der Waals surface area contributed by atoms with Gasteiger partial charge in [0.05, 0.1) is 24.0 Å². The smallest absolute Gasteiger partial charge is 0.329 e. The van der Waals surface area contributed by atoms with E-state index in [0.717, 1.165) is 34.0 Å². The number of fused-ring (bicyclic) bond motifs is 2. The van der Waals surface area contributed by atoms with Gasteiger partial charge in [0.2, 0.25) is 0 Å². The Kier molecular flexibility index (Phi) is 5.52. The summed E-state index contributed by atoms with van der Waals surface area (Å²) in [4.78, 5) is 25.2. The zero-order valence-corrected chi connectivity index (χ0v) is 18.1. The highest BCUT2D eigenvalue weighted by molar-refractivity contribution is 6.38. The minimum atomic E-state index is -0.926. The number of carboxylic acid groups (broad SMARTS) is 1. The summed E-state index contributed by atoms with van der Waals surface area (Å²) < 4.78 is 5.39. The maximum atomic E-state index is 13.6. The van der Waals surface area contributed by atoms with E-state index < -0.39 is 12.0 Å². The highest BCUT2D eigenvalue weighted by Gasteiger charge is 2.24. The second-order valence-electron chi connectivity index (χ2n) is 8.23. The van der Waals surface area contributed by atoms with Crippen molar-refractivity contribution in [1.29, 1.82) is 0 Å². The molecule has 4 aromatic rings. The number of aliphatic carboxylic acids is 1. The van der Waals surface area contributed by atoms with Crippen molar-refractivity contribution in [2.45, 2.75) is 45.7 Å². The van der Waals surface area contributed by atoms with Crippen molar-refractivity contribution < 1.29 is 9.90 Å². The number of aryl methyl sites for hydroxylation is 2. The van der Waals surface area contributed by atoms with E-state index in [0.29, 0.717) is 23.9 Å². The van der Waals surface area contributed by atoms with Crippen LogP contribution >= 0.6 is 0 Å². The molecular formula is C24H26BN3O3. The Balaban J connectivity index is 1.95. The number of hydrogen-bond acceptors (Lipinski definition) is 2. The van der Waals surface area contributed by atoms with Crippen molar-refractivity contribution in [3.05, 3.63) is 64.2 Å². The molecule has 0 saturated heterocycles. The summed E-state index contributed by atoms with van der Waals surface area (Å²) in [5.41, 5.74) is 4.91. The second kappa shape index (κ2) is 8.14. The standard InChI is InChI=1S/C24H26BN3O3/c1-4-7-17(12-21(29)30)28-23-18(25)9-6-11-20(23)27(24(28)31)14-16-13-26(3)19-10-5-8-15(2)22(16)19/h5-6,8-11,13,17H,4,7,12,14H2,1-3H3,(H,29,30). The van der Waals surface area contributed by atoms with E-state index in [1.807, 2.05) is 32.2 Å². The molecule has 31 heavy (non-hydrogen) atoms. The van der Waals surface area contributed by atoms with Gasteiger partial charge in [0.1, 0.15) is 7.85 Å². The van der Waals surface area contributed by atoms with Gasteiger partial charge in [-0.1, -0.05) is 43.1 Å². The summed E-state index contributed by atoms with van der Waals surface area (Å²) >= 11 is 0. The predicted molar refractivity (Wildman–Crippen MR) is 125 cm³/mol. The highest BCUT2D eigenvalue weighted by Crippen LogP contribution is 2.27. The van der Waals surface area contributed by atoms with Crippen LogP contribution in [0.4, 0.5) is 0 Å². The van der Waals surface area contributed by atoms with Crippen molar-refractivity contribution in [1.82, 2.24) is 13.7 Å². The van der Waals surface area contributed by atoms with E-state index in [9.17, 15) is 14.7 Å². The molecule has 0 aliphatic heterocycles. The molecule has 7 heteroatoms. The van der Waals surface area contributed by atoms with Gasteiger partial charge < -0.3 is 9.67 Å². The Morgan fingerprint density at radius 2 is 1.87 bits per heavy atom. The topological polar surface area (TPSA) is 69.2 Å². The molecule has 0 amide bonds. The molecule has 0 aliphatic rings. The first-order valence-corrected chi connectivity index (χ1v) is 10.6. The maximum absolute atomic E-state index is 13.6. The number of imidazole rings is 1. The summed E-state index contributed by atoms with van der Waals surface area (Å²) in [5, 5.41) is 10.6. The predicted octanol–water partition coefficient (Wildman–Crippen LogP) is 3.26. The van der Waals surface area contributed by atoms with Gasteiger partial charge >= 0.3 is 11.7 Å². The van der Waals surface area contributed by atoms with Gasteiger partial charge in [0.15, 0.2) is 0 Å². The lowest BCUT2D eigenvalue weighted by Crippen LogP contribution is -2.30. The molecule has 2 aromatic heterocycles. The fourth-order valence-electron chi connectivity index (χ4n) is 4.73. The molecule has 0 spiro atoms. The fraction of sp³-hybridized carbons (Fsp3) is 0.333. The SMILES string of the molecule is [B]c1cccc2c1n(C(CCC)CC(=O)O)c(=O)n2Cc1cn(C)c2cccc(C)c12. The third kappa shape index (κ3) is 3.58. The monoisotopic (exact) mass is 415 g/mol. The van der Waals surface area contributed by atoms with Gasteiger partial charge in [0, 0.05) is 30.2 Å². The minimum Gasteiger partial charge on any atom is -0.481 e. The Morgan fingerprint density at radius 3 is 2.58 bits per heavy atom. The lowest BCUT2D eigenvalue weighted by molar-refractivity contribution is -0.137. The number of rotatable bonds is 7. The number of para-hydroxylation sites is 1. The molecule has 2 heterocycles. The first-order chi connectivity index (χ1) is 14.8. The van der Waals surface area contributed by atoms with E-state index in [-0.39, 0.29) is 12.1 Å².